The summed E-state index contributed by atoms with van der Waals surface area (Å²) < 4.78 is 15.5. The molecule has 1 aromatic carbocycles. The average Bonchev–Trinajstić information content (AvgIpc) is 3.08. The van der Waals surface area contributed by atoms with Crippen molar-refractivity contribution in [3.05, 3.63) is 40.3 Å². The molecule has 0 atom stereocenters. The molecule has 0 saturated carbocycles. The standard InChI is InChI=1S/C20H22N2O6S/c1-12(23)22-8-7-15-16(10-22)29-19(18(15)20(25)27-3)21-17(24)11-28-14-6-4-5-13(9-14)26-2/h4-6,9H,7-8,10-11H2,1-3H3,(H,21,24). The van der Waals surface area contributed by atoms with Crippen LogP contribution in [0, 0.1) is 0 Å². The zero-order valence-electron chi connectivity index (χ0n) is 16.4. The molecule has 1 aromatic heterocycles. The van der Waals surface area contributed by atoms with Crippen LogP contribution >= 0.6 is 11.3 Å². The molecule has 0 fully saturated rings. The third-order valence-electron chi connectivity index (χ3n) is 4.56. The van der Waals surface area contributed by atoms with E-state index >= 15 is 0 Å². The first kappa shape index (κ1) is 20.7. The number of ether oxygens (including phenoxy) is 3. The first-order valence-electron chi connectivity index (χ1n) is 8.98. The fourth-order valence-electron chi connectivity index (χ4n) is 3.08. The van der Waals surface area contributed by atoms with E-state index in [4.69, 9.17) is 14.2 Å². The summed E-state index contributed by atoms with van der Waals surface area (Å²) >= 11 is 1.28. The van der Waals surface area contributed by atoms with Crippen LogP contribution in [0.2, 0.25) is 0 Å². The Morgan fingerprint density at radius 1 is 1.21 bits per heavy atom. The monoisotopic (exact) mass is 418 g/mol. The number of esters is 1. The Bertz CT molecular complexity index is 939. The van der Waals surface area contributed by atoms with E-state index in [-0.39, 0.29) is 12.5 Å². The van der Waals surface area contributed by atoms with E-state index < -0.39 is 11.9 Å². The summed E-state index contributed by atoms with van der Waals surface area (Å²) in [6.07, 6.45) is 0.534. The number of hydrogen-bond acceptors (Lipinski definition) is 7. The van der Waals surface area contributed by atoms with Gasteiger partial charge in [-0.1, -0.05) is 6.07 Å². The third-order valence-corrected chi connectivity index (χ3v) is 5.69. The predicted molar refractivity (Wildman–Crippen MR) is 108 cm³/mol. The summed E-state index contributed by atoms with van der Waals surface area (Å²) in [5, 5.41) is 3.15. The maximum atomic E-state index is 12.4. The molecule has 9 heteroatoms. The SMILES string of the molecule is COC(=O)c1c(NC(=O)COc2cccc(OC)c2)sc2c1CCN(C(C)=O)C2. The van der Waals surface area contributed by atoms with E-state index in [2.05, 4.69) is 5.32 Å². The number of nitrogens with one attached hydrogen (secondary N) is 1. The van der Waals surface area contributed by atoms with Gasteiger partial charge in [0.05, 0.1) is 26.3 Å². The van der Waals surface area contributed by atoms with Gasteiger partial charge in [-0.15, -0.1) is 11.3 Å². The van der Waals surface area contributed by atoms with Crippen LogP contribution in [0.25, 0.3) is 0 Å². The molecule has 1 N–H and O–H groups in total. The van der Waals surface area contributed by atoms with Crippen LogP contribution < -0.4 is 14.8 Å². The number of rotatable bonds is 6. The second kappa shape index (κ2) is 8.95. The van der Waals surface area contributed by atoms with Crippen molar-refractivity contribution >= 4 is 34.1 Å². The number of hydrogen-bond donors (Lipinski definition) is 1. The molecule has 2 amide bonds. The zero-order chi connectivity index (χ0) is 21.0. The van der Waals surface area contributed by atoms with Crippen molar-refractivity contribution in [2.45, 2.75) is 19.9 Å². The van der Waals surface area contributed by atoms with Crippen molar-refractivity contribution in [3.8, 4) is 11.5 Å². The van der Waals surface area contributed by atoms with Crippen molar-refractivity contribution in [3.63, 3.8) is 0 Å². The Morgan fingerprint density at radius 2 is 1.97 bits per heavy atom. The van der Waals surface area contributed by atoms with Gasteiger partial charge >= 0.3 is 5.97 Å². The normalized spacial score (nSPS) is 12.7. The zero-order valence-corrected chi connectivity index (χ0v) is 17.3. The lowest BCUT2D eigenvalue weighted by molar-refractivity contribution is -0.129. The topological polar surface area (TPSA) is 94.2 Å². The molecule has 0 aliphatic carbocycles. The van der Waals surface area contributed by atoms with Crippen LogP contribution in [-0.4, -0.2) is 50.1 Å². The number of carbonyl (C=O) groups excluding carboxylic acids is 3. The molecule has 29 heavy (non-hydrogen) atoms. The van der Waals surface area contributed by atoms with Gasteiger partial charge in [0.15, 0.2) is 6.61 Å². The largest absolute Gasteiger partial charge is 0.497 e. The van der Waals surface area contributed by atoms with Gasteiger partial charge in [-0.05, 0) is 24.1 Å². The Kier molecular flexibility index (Phi) is 6.38. The summed E-state index contributed by atoms with van der Waals surface area (Å²) in [6, 6.07) is 6.93. The molecular weight excluding hydrogens is 396 g/mol. The number of fused-ring (bicyclic) bond motifs is 1. The summed E-state index contributed by atoms with van der Waals surface area (Å²) in [6.45, 7) is 2.22. The van der Waals surface area contributed by atoms with Gasteiger partial charge in [0.2, 0.25) is 5.91 Å². The van der Waals surface area contributed by atoms with E-state index in [1.807, 2.05) is 0 Å². The van der Waals surface area contributed by atoms with Crippen LogP contribution in [0.4, 0.5) is 5.00 Å². The molecule has 3 rings (SSSR count). The molecule has 8 nitrogen and oxygen atoms in total. The van der Waals surface area contributed by atoms with E-state index in [1.165, 1.54) is 25.4 Å². The lowest BCUT2D eigenvalue weighted by Crippen LogP contribution is -2.33. The first-order chi connectivity index (χ1) is 13.9. The Labute approximate surface area is 172 Å². The quantitative estimate of drug-likeness (QED) is 0.725. The highest BCUT2D eigenvalue weighted by Crippen LogP contribution is 2.37. The summed E-state index contributed by atoms with van der Waals surface area (Å²) in [7, 11) is 2.85. The maximum absolute atomic E-state index is 12.4. The minimum atomic E-state index is -0.511. The number of methoxy groups -OCH3 is 2. The van der Waals surface area contributed by atoms with Crippen molar-refractivity contribution in [2.24, 2.45) is 0 Å². The molecule has 1 aliphatic heterocycles. The molecule has 2 aromatic rings. The highest BCUT2D eigenvalue weighted by Gasteiger charge is 2.30. The van der Waals surface area contributed by atoms with Crippen molar-refractivity contribution < 1.29 is 28.6 Å². The minimum Gasteiger partial charge on any atom is -0.497 e. The van der Waals surface area contributed by atoms with Crippen molar-refractivity contribution in [1.29, 1.82) is 0 Å². The first-order valence-corrected chi connectivity index (χ1v) is 9.79. The van der Waals surface area contributed by atoms with Gasteiger partial charge in [-0.3, -0.25) is 9.59 Å². The van der Waals surface area contributed by atoms with Crippen LogP contribution in [0.1, 0.15) is 27.7 Å². The van der Waals surface area contributed by atoms with Crippen molar-refractivity contribution in [1.82, 2.24) is 4.90 Å². The van der Waals surface area contributed by atoms with E-state index in [0.717, 1.165) is 10.4 Å². The summed E-state index contributed by atoms with van der Waals surface area (Å²) in [5.74, 6) is 0.177. The predicted octanol–water partition coefficient (Wildman–Crippen LogP) is 2.47. The number of anilines is 1. The fraction of sp³-hybridized carbons (Fsp3) is 0.350. The molecule has 0 spiro atoms. The highest BCUT2D eigenvalue weighted by molar-refractivity contribution is 7.17. The van der Waals surface area contributed by atoms with Gasteiger partial charge in [-0.2, -0.15) is 0 Å². The van der Waals surface area contributed by atoms with Crippen LogP contribution in [-0.2, 0) is 27.3 Å². The van der Waals surface area contributed by atoms with E-state index in [9.17, 15) is 14.4 Å². The molecular formula is C20H22N2O6S. The van der Waals surface area contributed by atoms with E-state index in [0.29, 0.717) is 41.6 Å². The van der Waals surface area contributed by atoms with Crippen molar-refractivity contribution in [2.75, 3.05) is 32.7 Å². The number of amides is 2. The molecule has 154 valence electrons. The second-order valence-corrected chi connectivity index (χ2v) is 7.51. The molecule has 2 heterocycles. The number of carbonyl (C=O) groups is 3. The second-order valence-electron chi connectivity index (χ2n) is 6.41. The molecule has 0 unspecified atom stereocenters. The minimum absolute atomic E-state index is 0.0269. The number of benzene rings is 1. The average molecular weight is 418 g/mol. The van der Waals surface area contributed by atoms with Gasteiger partial charge in [0.1, 0.15) is 16.5 Å². The smallest absolute Gasteiger partial charge is 0.341 e. The van der Waals surface area contributed by atoms with E-state index in [1.54, 1.807) is 36.3 Å². The molecule has 0 saturated heterocycles. The Hall–Kier alpha value is -3.07. The van der Waals surface area contributed by atoms with Crippen LogP contribution in [0.15, 0.2) is 24.3 Å². The molecule has 1 aliphatic rings. The van der Waals surface area contributed by atoms with Crippen LogP contribution in [0.5, 0.6) is 11.5 Å². The number of thiophene rings is 1. The highest BCUT2D eigenvalue weighted by atomic mass is 32.1. The van der Waals surface area contributed by atoms with Crippen LogP contribution in [0.3, 0.4) is 0 Å². The fourth-order valence-corrected chi connectivity index (χ4v) is 4.35. The molecule has 0 bridgehead atoms. The maximum Gasteiger partial charge on any atom is 0.341 e. The Morgan fingerprint density at radius 3 is 2.66 bits per heavy atom. The van der Waals surface area contributed by atoms with Gasteiger partial charge < -0.3 is 24.4 Å². The molecule has 0 radical (unpaired) electrons. The lowest BCUT2D eigenvalue weighted by Gasteiger charge is -2.25. The third kappa shape index (κ3) is 4.68. The van der Waals surface area contributed by atoms with Gasteiger partial charge in [0.25, 0.3) is 5.91 Å². The summed E-state index contributed by atoms with van der Waals surface area (Å²) in [4.78, 5) is 39.0. The number of nitrogens with zero attached hydrogens (tertiary/aromatic N) is 1. The van der Waals surface area contributed by atoms with Gasteiger partial charge in [0, 0.05) is 24.4 Å². The Balaban J connectivity index is 1.74. The summed E-state index contributed by atoms with van der Waals surface area (Å²) in [5.41, 5.74) is 1.17. The van der Waals surface area contributed by atoms with Gasteiger partial charge in [-0.25, -0.2) is 4.79 Å². The lowest BCUT2D eigenvalue weighted by atomic mass is 10.0.